The second-order valence-corrected chi connectivity index (χ2v) is 15.1. The minimum atomic E-state index is -4.43. The summed E-state index contributed by atoms with van der Waals surface area (Å²) in [6, 6.07) is 24.7. The van der Waals surface area contributed by atoms with Gasteiger partial charge in [0.25, 0.3) is 10.0 Å². The van der Waals surface area contributed by atoms with Crippen molar-refractivity contribution in [3.05, 3.63) is 120 Å². The van der Waals surface area contributed by atoms with E-state index in [-0.39, 0.29) is 16.5 Å². The highest BCUT2D eigenvalue weighted by Gasteiger charge is 2.20. The van der Waals surface area contributed by atoms with Crippen LogP contribution in [0, 0.1) is 11.6 Å². The molecule has 3 N–H and O–H groups in total. The number of nitrogens with one attached hydrogen (secondary N) is 3. The van der Waals surface area contributed by atoms with E-state index in [9.17, 15) is 25.6 Å². The van der Waals surface area contributed by atoms with Crippen LogP contribution in [0.1, 0.15) is 5.56 Å². The predicted octanol–water partition coefficient (Wildman–Crippen LogP) is 7.15. The molecule has 0 spiro atoms. The predicted molar refractivity (Wildman–Crippen MR) is 192 cm³/mol. The molecule has 11 nitrogen and oxygen atoms in total. The van der Waals surface area contributed by atoms with E-state index in [1.807, 2.05) is 36.4 Å². The summed E-state index contributed by atoms with van der Waals surface area (Å²) in [5, 5.41) is 7.35. The van der Waals surface area contributed by atoms with Crippen LogP contribution in [-0.4, -0.2) is 47.3 Å². The number of aromatic nitrogens is 2. The molecule has 15 heteroatoms. The summed E-state index contributed by atoms with van der Waals surface area (Å²) < 4.78 is 91.2. The Hall–Kier alpha value is -5.80. The van der Waals surface area contributed by atoms with E-state index >= 15 is 0 Å². The van der Waals surface area contributed by atoms with Crippen LogP contribution in [0.15, 0.2) is 113 Å². The molecule has 0 aliphatic carbocycles. The number of sulfonamides is 1. The summed E-state index contributed by atoms with van der Waals surface area (Å²) in [6.45, 7) is 0.428. The van der Waals surface area contributed by atoms with Crippen molar-refractivity contribution in [3.8, 4) is 22.8 Å². The largest absolute Gasteiger partial charge is 0.497 e. The molecule has 0 atom stereocenters. The minimum absolute atomic E-state index is 0.0518. The summed E-state index contributed by atoms with van der Waals surface area (Å²) in [6.07, 6.45) is 2.63. The van der Waals surface area contributed by atoms with Crippen molar-refractivity contribution in [3.63, 3.8) is 0 Å². The minimum Gasteiger partial charge on any atom is -0.497 e. The van der Waals surface area contributed by atoms with E-state index < -0.39 is 36.4 Å². The van der Waals surface area contributed by atoms with E-state index in [4.69, 9.17) is 14.5 Å². The Morgan fingerprint density at radius 1 is 0.745 bits per heavy atom. The second kappa shape index (κ2) is 14.2. The maximum absolute atomic E-state index is 13.8. The SMILES string of the molecule is COc1ccc(CNc2nc3ccc(-c4cnc(OC)c(NS(=O)(=O)c5cc(F)cc(F)c5)c4)cc3cc2Nc2cccc(S(C)(=O)=O)c2)cc1. The van der Waals surface area contributed by atoms with Crippen molar-refractivity contribution >= 4 is 53.6 Å². The van der Waals surface area contributed by atoms with Crippen LogP contribution in [-0.2, 0) is 26.4 Å². The summed E-state index contributed by atoms with van der Waals surface area (Å²) in [5.41, 5.74) is 3.77. The van der Waals surface area contributed by atoms with Crippen molar-refractivity contribution in [2.45, 2.75) is 16.3 Å². The molecule has 4 aromatic carbocycles. The zero-order chi connectivity index (χ0) is 36.3. The molecule has 0 saturated carbocycles. The van der Waals surface area contributed by atoms with Gasteiger partial charge in [-0.15, -0.1) is 0 Å². The summed E-state index contributed by atoms with van der Waals surface area (Å²) in [4.78, 5) is 8.66. The number of nitrogens with zero attached hydrogens (tertiary/aromatic N) is 2. The maximum atomic E-state index is 13.8. The molecule has 0 fully saturated rings. The van der Waals surface area contributed by atoms with Crippen molar-refractivity contribution in [2.24, 2.45) is 0 Å². The highest BCUT2D eigenvalue weighted by molar-refractivity contribution is 7.92. The molecule has 6 rings (SSSR count). The Balaban J connectivity index is 1.37. The molecule has 0 saturated heterocycles. The molecule has 51 heavy (non-hydrogen) atoms. The number of ether oxygens (including phenoxy) is 2. The topological polar surface area (TPSA) is 149 Å². The molecule has 0 aliphatic rings. The van der Waals surface area contributed by atoms with Gasteiger partial charge in [0.05, 0.1) is 35.2 Å². The number of methoxy groups -OCH3 is 2. The smallest absolute Gasteiger partial charge is 0.262 e. The van der Waals surface area contributed by atoms with Gasteiger partial charge in [-0.3, -0.25) is 4.72 Å². The Labute approximate surface area is 293 Å². The number of rotatable bonds is 12. The fraction of sp³-hybridized carbons (Fsp3) is 0.111. The van der Waals surface area contributed by atoms with Crippen LogP contribution in [0.2, 0.25) is 0 Å². The van der Waals surface area contributed by atoms with Gasteiger partial charge in [0.15, 0.2) is 15.7 Å². The molecular formula is C36H31F2N5O6S2. The van der Waals surface area contributed by atoms with Crippen LogP contribution in [0.25, 0.3) is 22.0 Å². The average molecular weight is 732 g/mol. The highest BCUT2D eigenvalue weighted by Crippen LogP contribution is 2.34. The van der Waals surface area contributed by atoms with Crippen LogP contribution >= 0.6 is 0 Å². The Morgan fingerprint density at radius 2 is 1.49 bits per heavy atom. The molecule has 0 unspecified atom stereocenters. The maximum Gasteiger partial charge on any atom is 0.262 e. The zero-order valence-electron chi connectivity index (χ0n) is 27.4. The Morgan fingerprint density at radius 3 is 2.18 bits per heavy atom. The van der Waals surface area contributed by atoms with Crippen LogP contribution in [0.3, 0.4) is 0 Å². The molecule has 2 heterocycles. The van der Waals surface area contributed by atoms with E-state index in [1.54, 1.807) is 31.4 Å². The average Bonchev–Trinajstić information content (AvgIpc) is 3.10. The lowest BCUT2D eigenvalue weighted by molar-refractivity contribution is 0.400. The molecule has 6 aromatic rings. The standard InChI is InChI=1S/C36H31F2N5O6S2/c1-48-29-10-7-22(8-11-29)20-39-35-33(41-28-5-4-6-30(19-28)50(3,44)45)14-24-13-23(9-12-32(24)42-35)25-15-34(36(49-2)40-21-25)43-51(46,47)31-17-26(37)16-27(38)18-31/h4-19,21,41,43H,20H2,1-3H3,(H,39,42). The number of fused-ring (bicyclic) bond motifs is 1. The van der Waals surface area contributed by atoms with Crippen molar-refractivity contribution in [1.82, 2.24) is 9.97 Å². The summed E-state index contributed by atoms with van der Waals surface area (Å²) in [7, 11) is -4.98. The number of sulfone groups is 1. The Bertz CT molecular complexity index is 2460. The van der Waals surface area contributed by atoms with Crippen LogP contribution in [0.4, 0.5) is 31.7 Å². The van der Waals surface area contributed by atoms with Gasteiger partial charge in [0, 0.05) is 41.7 Å². The second-order valence-electron chi connectivity index (χ2n) is 11.4. The fourth-order valence-corrected chi connectivity index (χ4v) is 6.96. The first-order chi connectivity index (χ1) is 24.3. The normalized spacial score (nSPS) is 11.6. The quantitative estimate of drug-likeness (QED) is 0.119. The Kier molecular flexibility index (Phi) is 9.76. The van der Waals surface area contributed by atoms with Crippen molar-refractivity contribution < 1.29 is 35.1 Å². The first kappa shape index (κ1) is 35.0. The monoisotopic (exact) mass is 731 g/mol. The lowest BCUT2D eigenvalue weighted by Crippen LogP contribution is -2.14. The number of halogens is 2. The van der Waals surface area contributed by atoms with Gasteiger partial charge in [0.2, 0.25) is 5.88 Å². The van der Waals surface area contributed by atoms with E-state index in [0.29, 0.717) is 64.0 Å². The van der Waals surface area contributed by atoms with E-state index in [1.165, 1.54) is 31.5 Å². The van der Waals surface area contributed by atoms with E-state index in [0.717, 1.165) is 17.6 Å². The van der Waals surface area contributed by atoms with Gasteiger partial charge in [-0.05, 0) is 77.9 Å². The zero-order valence-corrected chi connectivity index (χ0v) is 29.1. The van der Waals surface area contributed by atoms with Gasteiger partial charge in [-0.2, -0.15) is 0 Å². The third kappa shape index (κ3) is 8.16. The van der Waals surface area contributed by atoms with Gasteiger partial charge in [-0.25, -0.2) is 35.6 Å². The summed E-state index contributed by atoms with van der Waals surface area (Å²) in [5.74, 6) is -0.917. The van der Waals surface area contributed by atoms with Crippen LogP contribution in [0.5, 0.6) is 11.6 Å². The lowest BCUT2D eigenvalue weighted by atomic mass is 10.0. The molecular weight excluding hydrogens is 701 g/mol. The molecule has 0 bridgehead atoms. The van der Waals surface area contributed by atoms with Gasteiger partial charge in [0.1, 0.15) is 23.1 Å². The summed E-state index contributed by atoms with van der Waals surface area (Å²) >= 11 is 0. The van der Waals surface area contributed by atoms with Gasteiger partial charge in [-0.1, -0.05) is 24.3 Å². The highest BCUT2D eigenvalue weighted by atomic mass is 32.2. The van der Waals surface area contributed by atoms with Gasteiger partial charge >= 0.3 is 0 Å². The number of benzene rings is 4. The third-order valence-electron chi connectivity index (χ3n) is 7.74. The first-order valence-corrected chi connectivity index (χ1v) is 18.6. The van der Waals surface area contributed by atoms with Crippen LogP contribution < -0.4 is 24.8 Å². The molecule has 0 radical (unpaired) electrons. The van der Waals surface area contributed by atoms with E-state index in [2.05, 4.69) is 20.3 Å². The molecule has 0 amide bonds. The third-order valence-corrected chi connectivity index (χ3v) is 10.2. The van der Waals surface area contributed by atoms with Crippen molar-refractivity contribution in [2.75, 3.05) is 35.8 Å². The molecule has 2 aromatic heterocycles. The van der Waals surface area contributed by atoms with Gasteiger partial charge < -0.3 is 20.1 Å². The number of hydrogen-bond donors (Lipinski definition) is 3. The first-order valence-electron chi connectivity index (χ1n) is 15.2. The molecule has 262 valence electrons. The van der Waals surface area contributed by atoms with Crippen molar-refractivity contribution in [1.29, 1.82) is 0 Å². The number of pyridine rings is 2. The fourth-order valence-electron chi connectivity index (χ4n) is 5.21. The lowest BCUT2D eigenvalue weighted by Gasteiger charge is -2.16. The number of hydrogen-bond acceptors (Lipinski definition) is 10. The number of anilines is 4. The molecule has 0 aliphatic heterocycles.